The lowest BCUT2D eigenvalue weighted by Gasteiger charge is -2.22. The van der Waals surface area contributed by atoms with Crippen molar-refractivity contribution in [1.29, 1.82) is 0 Å². The van der Waals surface area contributed by atoms with Crippen molar-refractivity contribution >= 4 is 23.5 Å². The van der Waals surface area contributed by atoms with Gasteiger partial charge in [0.05, 0.1) is 32.9 Å². The number of nitrogens with zero attached hydrogens (tertiary/aromatic N) is 1. The van der Waals surface area contributed by atoms with Gasteiger partial charge in [0, 0.05) is 5.56 Å². The zero-order chi connectivity index (χ0) is 23.4. The van der Waals surface area contributed by atoms with Crippen LogP contribution in [0.1, 0.15) is 23.1 Å². The third-order valence-corrected chi connectivity index (χ3v) is 5.72. The van der Waals surface area contributed by atoms with Crippen LogP contribution in [0.5, 0.6) is 11.5 Å². The van der Waals surface area contributed by atoms with Crippen LogP contribution in [-0.4, -0.2) is 31.0 Å². The van der Waals surface area contributed by atoms with Gasteiger partial charge in [0.1, 0.15) is 0 Å². The number of para-hydroxylation sites is 1. The Morgan fingerprint density at radius 1 is 0.970 bits per heavy atom. The van der Waals surface area contributed by atoms with Crippen LogP contribution in [-0.2, 0) is 21.7 Å². The average Bonchev–Trinajstić information content (AvgIpc) is 3.05. The highest BCUT2D eigenvalue weighted by Crippen LogP contribution is 2.43. The number of fused-ring (bicyclic) bond motifs is 1. The number of hydrogen-bond acceptors (Lipinski definition) is 5. The molecule has 1 aliphatic heterocycles. The number of benzene rings is 3. The highest BCUT2D eigenvalue weighted by molar-refractivity contribution is 6.10. The lowest BCUT2D eigenvalue weighted by molar-refractivity contribution is -0.140. The molecule has 4 rings (SSSR count). The van der Waals surface area contributed by atoms with E-state index < -0.39 is 11.5 Å². The summed E-state index contributed by atoms with van der Waals surface area (Å²) < 4.78 is 10.6. The molecule has 1 aliphatic rings. The van der Waals surface area contributed by atoms with E-state index in [0.29, 0.717) is 22.7 Å². The first-order valence-electron chi connectivity index (χ1n) is 10.6. The Balaban J connectivity index is 1.60. The second-order valence-electron chi connectivity index (χ2n) is 7.85. The molecule has 0 aliphatic carbocycles. The van der Waals surface area contributed by atoms with E-state index in [-0.39, 0.29) is 18.7 Å². The third kappa shape index (κ3) is 4.38. The van der Waals surface area contributed by atoms with Crippen molar-refractivity contribution in [2.24, 2.45) is 0 Å². The van der Waals surface area contributed by atoms with Crippen molar-refractivity contribution in [3.05, 3.63) is 95.6 Å². The van der Waals surface area contributed by atoms with Crippen molar-refractivity contribution in [3.63, 3.8) is 0 Å². The lowest BCUT2D eigenvalue weighted by Crippen LogP contribution is -2.41. The number of ether oxygens (including phenoxy) is 2. The quantitative estimate of drug-likeness (QED) is 0.530. The molecule has 1 unspecified atom stereocenters. The fourth-order valence-electron chi connectivity index (χ4n) is 4.06. The molecule has 1 N–H and O–H groups in total. The summed E-state index contributed by atoms with van der Waals surface area (Å²) in [7, 11) is 3.10. The van der Waals surface area contributed by atoms with E-state index in [1.54, 1.807) is 56.7 Å². The van der Waals surface area contributed by atoms with Crippen LogP contribution in [0.2, 0.25) is 0 Å². The fourth-order valence-corrected chi connectivity index (χ4v) is 4.06. The average molecular weight is 443 g/mol. The number of carbonyl (C=O) groups is 2. The van der Waals surface area contributed by atoms with Gasteiger partial charge < -0.3 is 19.5 Å². The number of aliphatic hydroxyl groups is 1. The number of hydrogen-bond donors (Lipinski definition) is 1. The Labute approximate surface area is 192 Å². The molecule has 0 spiro atoms. The van der Waals surface area contributed by atoms with Crippen molar-refractivity contribution in [1.82, 2.24) is 0 Å². The summed E-state index contributed by atoms with van der Waals surface area (Å²) in [6, 6.07) is 21.8. The second kappa shape index (κ2) is 9.30. The number of methoxy groups -OCH3 is 2. The van der Waals surface area contributed by atoms with Gasteiger partial charge in [-0.3, -0.25) is 9.59 Å². The molecule has 1 amide bonds. The van der Waals surface area contributed by atoms with Crippen LogP contribution in [0.25, 0.3) is 6.08 Å². The molecule has 168 valence electrons. The normalized spacial score (nSPS) is 17.3. The first kappa shape index (κ1) is 22.3. The first-order valence-corrected chi connectivity index (χ1v) is 10.6. The Bertz CT molecular complexity index is 1200. The second-order valence-corrected chi connectivity index (χ2v) is 7.85. The maximum Gasteiger partial charge on any atom is 0.264 e. The maximum atomic E-state index is 13.4. The molecular formula is C27H25NO5. The molecule has 0 saturated carbocycles. The molecule has 3 aromatic rings. The molecular weight excluding hydrogens is 418 g/mol. The largest absolute Gasteiger partial charge is 0.493 e. The van der Waals surface area contributed by atoms with Crippen molar-refractivity contribution in [2.75, 3.05) is 19.1 Å². The van der Waals surface area contributed by atoms with Gasteiger partial charge in [-0.1, -0.05) is 60.7 Å². The van der Waals surface area contributed by atoms with E-state index in [2.05, 4.69) is 0 Å². The van der Waals surface area contributed by atoms with Gasteiger partial charge in [-0.25, -0.2) is 0 Å². The fraction of sp³-hybridized carbons (Fsp3) is 0.185. The van der Waals surface area contributed by atoms with Gasteiger partial charge in [0.2, 0.25) is 0 Å². The van der Waals surface area contributed by atoms with Crippen LogP contribution in [0.4, 0.5) is 5.69 Å². The van der Waals surface area contributed by atoms with Gasteiger partial charge in [0.25, 0.3) is 5.91 Å². The molecule has 0 bridgehead atoms. The van der Waals surface area contributed by atoms with E-state index in [1.807, 2.05) is 36.4 Å². The standard InChI is InChI=1S/C27H25NO5/c1-32-24-15-13-20(16-25(24)33-2)18-28-23-11-7-6-10-22(23)27(31,26(28)30)17-21(29)14-12-19-8-4-3-5-9-19/h3-16,31H,17-18H2,1-2H3/b14-12+. The van der Waals surface area contributed by atoms with Crippen LogP contribution in [0, 0.1) is 0 Å². The summed E-state index contributed by atoms with van der Waals surface area (Å²) in [6.07, 6.45) is 2.74. The Morgan fingerprint density at radius 2 is 1.67 bits per heavy atom. The van der Waals surface area contributed by atoms with Crippen molar-refractivity contribution in [2.45, 2.75) is 18.6 Å². The molecule has 0 aromatic heterocycles. The molecule has 6 heteroatoms. The summed E-state index contributed by atoms with van der Waals surface area (Å²) in [6.45, 7) is 0.215. The third-order valence-electron chi connectivity index (χ3n) is 5.72. The Hall–Kier alpha value is -3.90. The number of amides is 1. The Morgan fingerprint density at radius 3 is 2.39 bits per heavy atom. The molecule has 0 saturated heterocycles. The monoisotopic (exact) mass is 443 g/mol. The van der Waals surface area contributed by atoms with Gasteiger partial charge in [0.15, 0.2) is 22.9 Å². The summed E-state index contributed by atoms with van der Waals surface area (Å²) in [5.41, 5.74) is 0.753. The molecule has 0 radical (unpaired) electrons. The summed E-state index contributed by atoms with van der Waals surface area (Å²) in [4.78, 5) is 27.6. The van der Waals surface area contributed by atoms with Crippen LogP contribution >= 0.6 is 0 Å². The van der Waals surface area contributed by atoms with E-state index >= 15 is 0 Å². The predicted molar refractivity (Wildman–Crippen MR) is 126 cm³/mol. The number of ketones is 1. The molecule has 0 fully saturated rings. The molecule has 6 nitrogen and oxygen atoms in total. The molecule has 1 atom stereocenters. The zero-order valence-corrected chi connectivity index (χ0v) is 18.5. The van der Waals surface area contributed by atoms with Crippen molar-refractivity contribution < 1.29 is 24.2 Å². The topological polar surface area (TPSA) is 76.1 Å². The number of rotatable bonds is 8. The van der Waals surface area contributed by atoms with E-state index in [9.17, 15) is 14.7 Å². The number of carbonyl (C=O) groups excluding carboxylic acids is 2. The highest BCUT2D eigenvalue weighted by Gasteiger charge is 2.50. The minimum absolute atomic E-state index is 0.215. The van der Waals surface area contributed by atoms with Crippen LogP contribution in [0.3, 0.4) is 0 Å². The minimum atomic E-state index is -1.93. The molecule has 1 heterocycles. The van der Waals surface area contributed by atoms with E-state index in [0.717, 1.165) is 11.1 Å². The predicted octanol–water partition coefficient (Wildman–Crippen LogP) is 4.11. The summed E-state index contributed by atoms with van der Waals surface area (Å²) >= 11 is 0. The number of anilines is 1. The Kier molecular flexibility index (Phi) is 6.29. The number of allylic oxidation sites excluding steroid dienone is 1. The summed E-state index contributed by atoms with van der Waals surface area (Å²) in [5.74, 6) is 0.269. The van der Waals surface area contributed by atoms with Gasteiger partial charge >= 0.3 is 0 Å². The minimum Gasteiger partial charge on any atom is -0.493 e. The SMILES string of the molecule is COc1ccc(CN2C(=O)C(O)(CC(=O)/C=C/c3ccccc3)c3ccccc32)cc1OC. The van der Waals surface area contributed by atoms with Crippen LogP contribution in [0.15, 0.2) is 78.9 Å². The smallest absolute Gasteiger partial charge is 0.264 e. The summed E-state index contributed by atoms with van der Waals surface area (Å²) in [5, 5.41) is 11.4. The highest BCUT2D eigenvalue weighted by atomic mass is 16.5. The molecule has 33 heavy (non-hydrogen) atoms. The maximum absolute atomic E-state index is 13.4. The van der Waals surface area contributed by atoms with E-state index in [1.165, 1.54) is 11.0 Å². The van der Waals surface area contributed by atoms with Gasteiger partial charge in [-0.2, -0.15) is 0 Å². The van der Waals surface area contributed by atoms with Crippen molar-refractivity contribution in [3.8, 4) is 11.5 Å². The zero-order valence-electron chi connectivity index (χ0n) is 18.5. The van der Waals surface area contributed by atoms with E-state index in [4.69, 9.17) is 9.47 Å². The molecule has 3 aromatic carbocycles. The first-order chi connectivity index (χ1) is 16.0. The lowest BCUT2D eigenvalue weighted by atomic mass is 9.89. The van der Waals surface area contributed by atoms with Gasteiger partial charge in [-0.15, -0.1) is 0 Å². The van der Waals surface area contributed by atoms with Gasteiger partial charge in [-0.05, 0) is 35.4 Å². The van der Waals surface area contributed by atoms with Crippen LogP contribution < -0.4 is 14.4 Å².